The Kier molecular flexibility index (Phi) is 5.64. The predicted molar refractivity (Wildman–Crippen MR) is 126 cm³/mol. The van der Waals surface area contributed by atoms with Gasteiger partial charge in [0.05, 0.1) is 18.3 Å². The number of nitrogens with one attached hydrogen (secondary N) is 2. The zero-order valence-corrected chi connectivity index (χ0v) is 19.9. The third-order valence-corrected chi connectivity index (χ3v) is 9.73. The molecule has 6 rings (SSSR count). The van der Waals surface area contributed by atoms with E-state index in [9.17, 15) is 24.6 Å². The number of aliphatic hydroxyl groups is 2. The number of rotatable bonds is 0. The van der Waals surface area contributed by atoms with Crippen LogP contribution in [0, 0.1) is 41.4 Å². The van der Waals surface area contributed by atoms with Crippen LogP contribution in [0.15, 0.2) is 35.6 Å². The second kappa shape index (κ2) is 8.59. The van der Waals surface area contributed by atoms with E-state index < -0.39 is 23.8 Å². The number of hydrogen-bond donors (Lipinski definition) is 4. The zero-order chi connectivity index (χ0) is 24.4. The third kappa shape index (κ3) is 3.76. The first-order valence-electron chi connectivity index (χ1n) is 13.1. The third-order valence-electron chi connectivity index (χ3n) is 9.73. The Hall–Kier alpha value is -2.45. The molecule has 35 heavy (non-hydrogen) atoms. The van der Waals surface area contributed by atoms with Crippen molar-refractivity contribution in [2.24, 2.45) is 41.4 Å². The number of epoxide rings is 1. The molecule has 3 saturated carbocycles. The number of carbonyl (C=O) groups excluding carboxylic acids is 3. The Labute approximate surface area is 204 Å². The van der Waals surface area contributed by atoms with Gasteiger partial charge in [-0.15, -0.1) is 0 Å². The Morgan fingerprint density at radius 3 is 2.66 bits per heavy atom. The van der Waals surface area contributed by atoms with E-state index >= 15 is 0 Å². The fourth-order valence-electron chi connectivity index (χ4n) is 8.17. The maximum atomic E-state index is 12.8. The molecule has 5 fully saturated rings. The van der Waals surface area contributed by atoms with Gasteiger partial charge in [0.2, 0.25) is 5.91 Å². The molecule has 0 aromatic heterocycles. The Balaban J connectivity index is 1.30. The monoisotopic (exact) mass is 482 g/mol. The summed E-state index contributed by atoms with van der Waals surface area (Å²) in [5.41, 5.74) is -0.298. The van der Waals surface area contributed by atoms with Crippen molar-refractivity contribution < 1.29 is 29.3 Å². The number of aliphatic hydroxyl groups excluding tert-OH is 2. The number of allylic oxidation sites excluding steroid dienone is 3. The van der Waals surface area contributed by atoms with E-state index in [1.165, 1.54) is 6.08 Å². The number of hydrogen-bond acceptors (Lipinski definition) is 6. The summed E-state index contributed by atoms with van der Waals surface area (Å²) in [7, 11) is 0. The molecule has 3 aliphatic carbocycles. The SMILES string of the molecule is CC1C2OC2C2CC3C4C/C=C/C(=O)NCCC(O)C5NC(=O)C(=C(O)/C=C/C4CCC3C12)C5=O. The van der Waals surface area contributed by atoms with Crippen molar-refractivity contribution in [3.63, 3.8) is 0 Å². The lowest BCUT2D eigenvalue weighted by molar-refractivity contribution is -0.118. The number of carbonyl (C=O) groups is 3. The van der Waals surface area contributed by atoms with Gasteiger partial charge < -0.3 is 25.6 Å². The van der Waals surface area contributed by atoms with Gasteiger partial charge in [-0.2, -0.15) is 0 Å². The van der Waals surface area contributed by atoms with Crippen LogP contribution in [0.2, 0.25) is 0 Å². The van der Waals surface area contributed by atoms with Crippen LogP contribution in [0.25, 0.3) is 0 Å². The highest BCUT2D eigenvalue weighted by Crippen LogP contribution is 2.65. The highest BCUT2D eigenvalue weighted by atomic mass is 16.6. The van der Waals surface area contributed by atoms with Crippen LogP contribution in [0.1, 0.15) is 39.0 Å². The van der Waals surface area contributed by atoms with Crippen LogP contribution in [-0.4, -0.2) is 58.7 Å². The second-order valence-corrected chi connectivity index (χ2v) is 11.4. The number of ketones is 1. The number of Topliss-reactive ketones (excluding diaryl/α,β-unsaturated/α-hetero) is 1. The number of amides is 2. The summed E-state index contributed by atoms with van der Waals surface area (Å²) in [6.45, 7) is 2.51. The first-order chi connectivity index (χ1) is 16.8. The van der Waals surface area contributed by atoms with Gasteiger partial charge in [0.15, 0.2) is 5.78 Å². The van der Waals surface area contributed by atoms with Gasteiger partial charge in [0.1, 0.15) is 17.4 Å². The predicted octanol–water partition coefficient (Wildman–Crippen LogP) is 1.56. The van der Waals surface area contributed by atoms with Crippen molar-refractivity contribution in [2.75, 3.05) is 6.54 Å². The van der Waals surface area contributed by atoms with Crippen LogP contribution in [0.4, 0.5) is 0 Å². The normalized spacial score (nSPS) is 48.9. The highest BCUT2D eigenvalue weighted by molar-refractivity contribution is 6.27. The van der Waals surface area contributed by atoms with Crippen LogP contribution >= 0.6 is 0 Å². The van der Waals surface area contributed by atoms with Crippen molar-refractivity contribution in [2.45, 2.75) is 63.4 Å². The molecule has 0 aromatic carbocycles. The molecule has 0 aromatic rings. The standard InChI is InChI=1S/C27H34N2O6/c1-12-21-15-7-5-13-6-8-18(30)22-24(33)23(29-27(22)34)19(31)9-10-28-20(32)4-2-3-14(13)16(15)11-17(21)26-25(12)35-26/h2,4,6,8,12-17,19,21,23,25-26,30-31H,3,5,7,9-11H2,1H3,(H,28,32)(H,29,34)/b4-2+,8-6+,22-18?. The minimum Gasteiger partial charge on any atom is -0.507 e. The molecular weight excluding hydrogens is 448 g/mol. The molecule has 3 aliphatic heterocycles. The van der Waals surface area contributed by atoms with Gasteiger partial charge in [-0.3, -0.25) is 14.4 Å². The van der Waals surface area contributed by atoms with E-state index in [1.54, 1.807) is 6.08 Å². The maximum absolute atomic E-state index is 12.8. The second-order valence-electron chi connectivity index (χ2n) is 11.4. The fraction of sp³-hybridized carbons (Fsp3) is 0.667. The molecule has 2 amide bonds. The first kappa shape index (κ1) is 23.0. The van der Waals surface area contributed by atoms with Crippen LogP contribution < -0.4 is 10.6 Å². The molecule has 2 bridgehead atoms. The molecule has 3 heterocycles. The Bertz CT molecular complexity index is 1030. The molecule has 11 atom stereocenters. The van der Waals surface area contributed by atoms with Gasteiger partial charge in [-0.25, -0.2) is 0 Å². The van der Waals surface area contributed by atoms with E-state index in [-0.39, 0.29) is 36.1 Å². The van der Waals surface area contributed by atoms with Crippen molar-refractivity contribution in [3.05, 3.63) is 35.6 Å². The smallest absolute Gasteiger partial charge is 0.259 e. The van der Waals surface area contributed by atoms with Crippen LogP contribution in [-0.2, 0) is 19.1 Å². The summed E-state index contributed by atoms with van der Waals surface area (Å²) < 4.78 is 5.96. The van der Waals surface area contributed by atoms with E-state index in [0.29, 0.717) is 47.7 Å². The Morgan fingerprint density at radius 2 is 1.83 bits per heavy atom. The fourth-order valence-corrected chi connectivity index (χ4v) is 8.17. The first-order valence-corrected chi connectivity index (χ1v) is 13.1. The van der Waals surface area contributed by atoms with Gasteiger partial charge in [-0.05, 0) is 85.7 Å². The summed E-state index contributed by atoms with van der Waals surface area (Å²) in [5, 5.41) is 26.3. The van der Waals surface area contributed by atoms with Crippen molar-refractivity contribution in [1.29, 1.82) is 0 Å². The number of fused-ring (bicyclic) bond motifs is 9. The number of ether oxygens (including phenoxy) is 1. The molecule has 8 nitrogen and oxygen atoms in total. The minimum absolute atomic E-state index is 0.111. The topological polar surface area (TPSA) is 128 Å². The lowest BCUT2D eigenvalue weighted by Crippen LogP contribution is -2.42. The van der Waals surface area contributed by atoms with Crippen molar-refractivity contribution in [1.82, 2.24) is 10.6 Å². The lowest BCUT2D eigenvalue weighted by Gasteiger charge is -2.41. The average molecular weight is 483 g/mol. The van der Waals surface area contributed by atoms with Crippen LogP contribution in [0.3, 0.4) is 0 Å². The molecular formula is C27H34N2O6. The summed E-state index contributed by atoms with van der Waals surface area (Å²) in [5.74, 6) is 1.75. The molecule has 188 valence electrons. The molecule has 4 N–H and O–H groups in total. The largest absolute Gasteiger partial charge is 0.507 e. The van der Waals surface area contributed by atoms with E-state index in [4.69, 9.17) is 4.74 Å². The van der Waals surface area contributed by atoms with Gasteiger partial charge in [-0.1, -0.05) is 19.1 Å². The molecule has 11 unspecified atom stereocenters. The summed E-state index contributed by atoms with van der Waals surface area (Å²) in [6, 6.07) is -1.12. The zero-order valence-electron chi connectivity index (χ0n) is 19.9. The molecule has 8 heteroatoms. The molecule has 0 radical (unpaired) electrons. The van der Waals surface area contributed by atoms with Crippen LogP contribution in [0.5, 0.6) is 0 Å². The maximum Gasteiger partial charge on any atom is 0.259 e. The summed E-state index contributed by atoms with van der Waals surface area (Å²) in [4.78, 5) is 37.6. The average Bonchev–Trinajstić information content (AvgIpc) is 3.33. The lowest BCUT2D eigenvalue weighted by atomic mass is 9.64. The molecule has 2 saturated heterocycles. The molecule has 0 spiro atoms. The summed E-state index contributed by atoms with van der Waals surface area (Å²) >= 11 is 0. The van der Waals surface area contributed by atoms with Crippen molar-refractivity contribution >= 4 is 17.6 Å². The molecule has 6 aliphatic rings. The van der Waals surface area contributed by atoms with Gasteiger partial charge in [0.25, 0.3) is 5.91 Å². The van der Waals surface area contributed by atoms with Crippen molar-refractivity contribution in [3.8, 4) is 0 Å². The van der Waals surface area contributed by atoms with E-state index in [2.05, 4.69) is 17.6 Å². The van der Waals surface area contributed by atoms with Gasteiger partial charge >= 0.3 is 0 Å². The quantitative estimate of drug-likeness (QED) is 0.306. The summed E-state index contributed by atoms with van der Waals surface area (Å²) in [6.07, 6.45) is 10.8. The van der Waals surface area contributed by atoms with E-state index in [0.717, 1.165) is 25.7 Å². The Morgan fingerprint density at radius 1 is 1.00 bits per heavy atom. The van der Waals surface area contributed by atoms with Gasteiger partial charge in [0, 0.05) is 6.54 Å². The highest BCUT2D eigenvalue weighted by Gasteiger charge is 2.66. The minimum atomic E-state index is -1.16. The van der Waals surface area contributed by atoms with E-state index in [1.807, 2.05) is 12.2 Å².